The topological polar surface area (TPSA) is 35.8 Å². The van der Waals surface area contributed by atoms with Crippen molar-refractivity contribution in [1.82, 2.24) is 0 Å². The number of benzene rings is 2. The Morgan fingerprint density at radius 3 is 2.38 bits per heavy atom. The van der Waals surface area contributed by atoms with Crippen molar-refractivity contribution in [3.8, 4) is 6.07 Å². The second-order valence-corrected chi connectivity index (χ2v) is 5.51. The van der Waals surface area contributed by atoms with Crippen LogP contribution in [0.25, 0.3) is 5.57 Å². The molecule has 2 aromatic rings. The van der Waals surface area contributed by atoms with Gasteiger partial charge in [0.2, 0.25) is 0 Å². The zero-order valence-electron chi connectivity index (χ0n) is 13.6. The molecule has 2 rings (SSSR count). The molecule has 24 heavy (non-hydrogen) atoms. The molecule has 2 nitrogen and oxygen atoms in total. The summed E-state index contributed by atoms with van der Waals surface area (Å²) in [5, 5.41) is 12.5. The third-order valence-electron chi connectivity index (χ3n) is 3.82. The van der Waals surface area contributed by atoms with Crippen LogP contribution in [-0.4, -0.2) is 0 Å². The van der Waals surface area contributed by atoms with E-state index in [9.17, 15) is 14.0 Å². The minimum Gasteiger partial charge on any atom is -0.366 e. The SMILES string of the molecule is CCCCC(=C(F)F)c1ccccc1NC(C#N)c1ccccc1. The van der Waals surface area contributed by atoms with E-state index in [4.69, 9.17) is 0 Å². The molecule has 0 aliphatic heterocycles. The number of unbranched alkanes of at least 4 members (excludes halogenated alkanes) is 1. The second kappa shape index (κ2) is 8.83. The summed E-state index contributed by atoms with van der Waals surface area (Å²) >= 11 is 0. The van der Waals surface area contributed by atoms with Crippen LogP contribution in [-0.2, 0) is 0 Å². The van der Waals surface area contributed by atoms with Crippen LogP contribution in [0.3, 0.4) is 0 Å². The van der Waals surface area contributed by atoms with Crippen molar-refractivity contribution in [2.24, 2.45) is 0 Å². The third-order valence-corrected chi connectivity index (χ3v) is 3.82. The zero-order valence-corrected chi connectivity index (χ0v) is 13.6. The van der Waals surface area contributed by atoms with E-state index in [0.29, 0.717) is 24.1 Å². The van der Waals surface area contributed by atoms with Crippen LogP contribution < -0.4 is 5.32 Å². The molecule has 0 radical (unpaired) electrons. The fourth-order valence-electron chi connectivity index (χ4n) is 2.55. The molecule has 0 aliphatic carbocycles. The molecular weight excluding hydrogens is 306 g/mol. The number of rotatable bonds is 7. The Balaban J connectivity index is 2.35. The fourth-order valence-corrected chi connectivity index (χ4v) is 2.55. The molecule has 0 fully saturated rings. The summed E-state index contributed by atoms with van der Waals surface area (Å²) in [6.07, 6.45) is 0.199. The van der Waals surface area contributed by atoms with Gasteiger partial charge in [-0.15, -0.1) is 0 Å². The van der Waals surface area contributed by atoms with Gasteiger partial charge in [0.05, 0.1) is 6.07 Å². The van der Waals surface area contributed by atoms with E-state index in [1.54, 1.807) is 24.3 Å². The van der Waals surface area contributed by atoms with E-state index in [1.165, 1.54) is 0 Å². The maximum atomic E-state index is 13.4. The standard InChI is InChI=1S/C20H20F2N2/c1-2-3-11-17(20(21)22)16-12-7-8-13-18(16)24-19(14-23)15-9-5-4-6-10-15/h4-10,12-13,19,24H,2-3,11H2,1H3. The molecule has 0 aromatic heterocycles. The van der Waals surface area contributed by atoms with Crippen LogP contribution in [0, 0.1) is 11.3 Å². The van der Waals surface area contributed by atoms with Crippen molar-refractivity contribution >= 4 is 11.3 Å². The van der Waals surface area contributed by atoms with Crippen LogP contribution >= 0.6 is 0 Å². The van der Waals surface area contributed by atoms with Gasteiger partial charge in [-0.25, -0.2) is 0 Å². The summed E-state index contributed by atoms with van der Waals surface area (Å²) in [6.45, 7) is 1.97. The minimum atomic E-state index is -1.66. The average Bonchev–Trinajstić information content (AvgIpc) is 2.61. The van der Waals surface area contributed by atoms with Crippen LogP contribution in [0.1, 0.15) is 43.4 Å². The molecule has 0 saturated heterocycles. The summed E-state index contributed by atoms with van der Waals surface area (Å²) < 4.78 is 26.8. The highest BCUT2D eigenvalue weighted by Crippen LogP contribution is 2.33. The maximum Gasteiger partial charge on any atom is 0.274 e. The van der Waals surface area contributed by atoms with Gasteiger partial charge < -0.3 is 5.32 Å². The number of halogens is 2. The number of hydrogen-bond donors (Lipinski definition) is 1. The molecular formula is C20H20F2N2. The van der Waals surface area contributed by atoms with Crippen LogP contribution in [0.2, 0.25) is 0 Å². The number of nitrogens with zero attached hydrogens (tertiary/aromatic N) is 1. The van der Waals surface area contributed by atoms with Gasteiger partial charge in [-0.05, 0) is 24.5 Å². The van der Waals surface area contributed by atoms with E-state index >= 15 is 0 Å². The lowest BCUT2D eigenvalue weighted by Crippen LogP contribution is -2.10. The van der Waals surface area contributed by atoms with E-state index < -0.39 is 12.1 Å². The van der Waals surface area contributed by atoms with Gasteiger partial charge >= 0.3 is 0 Å². The van der Waals surface area contributed by atoms with Gasteiger partial charge in [0, 0.05) is 16.8 Å². The highest BCUT2D eigenvalue weighted by Gasteiger charge is 2.16. The Hall–Kier alpha value is -2.67. The number of para-hydroxylation sites is 1. The summed E-state index contributed by atoms with van der Waals surface area (Å²) in [5.74, 6) is 0. The predicted octanol–water partition coefficient (Wildman–Crippen LogP) is 6.16. The van der Waals surface area contributed by atoms with Gasteiger partial charge in [-0.3, -0.25) is 0 Å². The van der Waals surface area contributed by atoms with Crippen molar-refractivity contribution in [2.45, 2.75) is 32.2 Å². The van der Waals surface area contributed by atoms with E-state index in [0.717, 1.165) is 12.0 Å². The molecule has 4 heteroatoms. The average molecular weight is 326 g/mol. The Morgan fingerprint density at radius 1 is 1.08 bits per heavy atom. The summed E-state index contributed by atoms with van der Waals surface area (Å²) in [7, 11) is 0. The summed E-state index contributed by atoms with van der Waals surface area (Å²) in [4.78, 5) is 0. The smallest absolute Gasteiger partial charge is 0.274 e. The summed E-state index contributed by atoms with van der Waals surface area (Å²) in [6, 6.07) is 17.8. The summed E-state index contributed by atoms with van der Waals surface area (Å²) in [5.41, 5.74) is 1.85. The first-order valence-electron chi connectivity index (χ1n) is 8.02. The molecule has 1 N–H and O–H groups in total. The fraction of sp³-hybridized carbons (Fsp3) is 0.250. The predicted molar refractivity (Wildman–Crippen MR) is 93.5 cm³/mol. The monoisotopic (exact) mass is 326 g/mol. The van der Waals surface area contributed by atoms with E-state index in [-0.39, 0.29) is 5.57 Å². The first kappa shape index (κ1) is 17.7. The first-order chi connectivity index (χ1) is 11.7. The van der Waals surface area contributed by atoms with Crippen molar-refractivity contribution in [2.75, 3.05) is 5.32 Å². The molecule has 2 aromatic carbocycles. The number of allylic oxidation sites excluding steroid dienone is 1. The lowest BCUT2D eigenvalue weighted by Gasteiger charge is -2.18. The molecule has 0 spiro atoms. The van der Waals surface area contributed by atoms with Crippen LogP contribution in [0.5, 0.6) is 0 Å². The van der Waals surface area contributed by atoms with Gasteiger partial charge in [0.25, 0.3) is 6.08 Å². The molecule has 1 atom stereocenters. The van der Waals surface area contributed by atoms with E-state index in [1.807, 2.05) is 37.3 Å². The van der Waals surface area contributed by atoms with Crippen molar-refractivity contribution in [1.29, 1.82) is 5.26 Å². The number of anilines is 1. The molecule has 0 saturated carbocycles. The highest BCUT2D eigenvalue weighted by molar-refractivity contribution is 5.77. The lowest BCUT2D eigenvalue weighted by molar-refractivity contribution is 0.422. The highest BCUT2D eigenvalue weighted by atomic mass is 19.3. The number of nitrogens with one attached hydrogen (secondary N) is 1. The Bertz CT molecular complexity index is 729. The first-order valence-corrected chi connectivity index (χ1v) is 8.02. The molecule has 0 aliphatic rings. The Kier molecular flexibility index (Phi) is 6.51. The maximum absolute atomic E-state index is 13.4. The molecule has 124 valence electrons. The van der Waals surface area contributed by atoms with E-state index in [2.05, 4.69) is 11.4 Å². The van der Waals surface area contributed by atoms with Gasteiger partial charge in [-0.2, -0.15) is 14.0 Å². The van der Waals surface area contributed by atoms with Crippen LogP contribution in [0.15, 0.2) is 60.7 Å². The molecule has 0 amide bonds. The third kappa shape index (κ3) is 4.42. The lowest BCUT2D eigenvalue weighted by atomic mass is 9.98. The van der Waals surface area contributed by atoms with Crippen molar-refractivity contribution in [3.05, 3.63) is 71.8 Å². The van der Waals surface area contributed by atoms with Crippen LogP contribution in [0.4, 0.5) is 14.5 Å². The number of hydrogen-bond acceptors (Lipinski definition) is 2. The Morgan fingerprint density at radius 2 is 1.75 bits per heavy atom. The molecule has 0 bridgehead atoms. The Labute approximate surface area is 141 Å². The molecule has 0 heterocycles. The quantitative estimate of drug-likeness (QED) is 0.661. The number of nitriles is 1. The van der Waals surface area contributed by atoms with Crippen molar-refractivity contribution < 1.29 is 8.78 Å². The minimum absolute atomic E-state index is 0.0460. The largest absolute Gasteiger partial charge is 0.366 e. The van der Waals surface area contributed by atoms with Gasteiger partial charge in [0.15, 0.2) is 0 Å². The van der Waals surface area contributed by atoms with Gasteiger partial charge in [0.1, 0.15) is 6.04 Å². The van der Waals surface area contributed by atoms with Gasteiger partial charge in [-0.1, -0.05) is 61.9 Å². The van der Waals surface area contributed by atoms with Crippen molar-refractivity contribution in [3.63, 3.8) is 0 Å². The molecule has 1 unspecified atom stereocenters. The zero-order chi connectivity index (χ0) is 17.4. The normalized spacial score (nSPS) is 11.4. The second-order valence-electron chi connectivity index (χ2n) is 5.51.